The van der Waals surface area contributed by atoms with Crippen LogP contribution in [0.3, 0.4) is 0 Å². The maximum atomic E-state index is 12.7. The molecule has 0 heterocycles. The summed E-state index contributed by atoms with van der Waals surface area (Å²) in [5, 5.41) is 9.69. The molecule has 0 aliphatic heterocycles. The maximum absolute atomic E-state index is 12.7. The minimum absolute atomic E-state index is 0.149. The highest BCUT2D eigenvalue weighted by Gasteiger charge is 2.18. The maximum Gasteiger partial charge on any atom is 0.330 e. The third-order valence-electron chi connectivity index (χ3n) is 3.97. The smallest absolute Gasteiger partial charge is 0.330 e. The third kappa shape index (κ3) is 5.79. The van der Waals surface area contributed by atoms with Crippen LogP contribution in [0.1, 0.15) is 30.4 Å². The third-order valence-corrected chi connectivity index (χ3v) is 3.97. The Morgan fingerprint density at radius 1 is 0.963 bits per heavy atom. The minimum Gasteiger partial charge on any atom is -0.463 e. The van der Waals surface area contributed by atoms with Gasteiger partial charge in [-0.15, -0.1) is 0 Å². The number of nitrogens with zero attached hydrogens (tertiary/aromatic N) is 1. The Bertz CT molecular complexity index is 820. The first-order valence-electron chi connectivity index (χ1n) is 8.75. The van der Waals surface area contributed by atoms with Crippen molar-refractivity contribution in [3.63, 3.8) is 0 Å². The van der Waals surface area contributed by atoms with E-state index >= 15 is 0 Å². The Labute approximate surface area is 159 Å². The van der Waals surface area contributed by atoms with Crippen molar-refractivity contribution in [2.24, 2.45) is 0 Å². The zero-order chi connectivity index (χ0) is 19.5. The first kappa shape index (κ1) is 19.9. The summed E-state index contributed by atoms with van der Waals surface area (Å²) < 4.78 is 4.90. The van der Waals surface area contributed by atoms with Crippen molar-refractivity contribution >= 4 is 17.3 Å². The highest BCUT2D eigenvalue weighted by atomic mass is 16.5. The van der Waals surface area contributed by atoms with Crippen LogP contribution in [0.4, 0.5) is 0 Å². The van der Waals surface area contributed by atoms with Gasteiger partial charge in [0, 0.05) is 18.1 Å². The molecule has 0 amide bonds. The molecule has 2 aromatic carbocycles. The molecule has 0 saturated carbocycles. The van der Waals surface area contributed by atoms with Gasteiger partial charge in [0.1, 0.15) is 11.6 Å². The van der Waals surface area contributed by atoms with Gasteiger partial charge in [0.25, 0.3) is 0 Å². The highest BCUT2D eigenvalue weighted by Crippen LogP contribution is 2.28. The number of carbonyl (C=O) groups excluding carboxylic acids is 2. The molecule has 0 unspecified atom stereocenters. The molecule has 2 rings (SSSR count). The first-order chi connectivity index (χ1) is 13.2. The Morgan fingerprint density at radius 2 is 1.52 bits per heavy atom. The van der Waals surface area contributed by atoms with Crippen molar-refractivity contribution < 1.29 is 14.3 Å². The van der Waals surface area contributed by atoms with Crippen molar-refractivity contribution in [3.8, 4) is 6.07 Å². The summed E-state index contributed by atoms with van der Waals surface area (Å²) in [7, 11) is 0. The molecule has 4 heteroatoms. The number of Topliss-reactive ketones (excluding diaryl/α,β-unsaturated/α-hetero) is 1. The van der Waals surface area contributed by atoms with Crippen LogP contribution >= 0.6 is 0 Å². The molecule has 0 radical (unpaired) electrons. The van der Waals surface area contributed by atoms with Crippen LogP contribution in [0.25, 0.3) is 5.57 Å². The van der Waals surface area contributed by atoms with Crippen molar-refractivity contribution in [3.05, 3.63) is 90.0 Å². The minimum atomic E-state index is -0.477. The van der Waals surface area contributed by atoms with E-state index in [-0.39, 0.29) is 24.4 Å². The number of ether oxygens (including phenoxy) is 1. The van der Waals surface area contributed by atoms with E-state index in [4.69, 9.17) is 4.74 Å². The van der Waals surface area contributed by atoms with Gasteiger partial charge in [0.15, 0.2) is 5.78 Å². The number of allylic oxidation sites excluding steroid dienone is 1. The Morgan fingerprint density at radius 3 is 2.00 bits per heavy atom. The van der Waals surface area contributed by atoms with Gasteiger partial charge in [0.05, 0.1) is 6.61 Å². The van der Waals surface area contributed by atoms with E-state index < -0.39 is 5.97 Å². The summed E-state index contributed by atoms with van der Waals surface area (Å²) in [6, 6.07) is 21.0. The molecule has 0 atom stereocenters. The van der Waals surface area contributed by atoms with Gasteiger partial charge in [-0.3, -0.25) is 4.79 Å². The number of nitriles is 1. The fraction of sp³-hybridized carbons (Fsp3) is 0.174. The number of hydrogen-bond acceptors (Lipinski definition) is 4. The van der Waals surface area contributed by atoms with Crippen LogP contribution in [0, 0.1) is 11.3 Å². The molecule has 0 bridgehead atoms. The van der Waals surface area contributed by atoms with Gasteiger partial charge < -0.3 is 4.74 Å². The molecular formula is C23H21NO3. The molecule has 2 aromatic rings. The largest absolute Gasteiger partial charge is 0.463 e. The van der Waals surface area contributed by atoms with E-state index in [1.54, 1.807) is 0 Å². The Balaban J connectivity index is 2.21. The van der Waals surface area contributed by atoms with Gasteiger partial charge in [-0.2, -0.15) is 5.26 Å². The second kappa shape index (κ2) is 10.5. The molecule has 0 aliphatic rings. The SMILES string of the molecule is C=CC(=O)OCCCCC(=O)C(C#N)=C(c1ccccc1)c1ccccc1. The average molecular weight is 359 g/mol. The average Bonchev–Trinajstić information content (AvgIpc) is 2.72. The molecule has 0 aliphatic carbocycles. The van der Waals surface area contributed by atoms with Gasteiger partial charge >= 0.3 is 5.97 Å². The fourth-order valence-electron chi connectivity index (χ4n) is 2.67. The first-order valence-corrected chi connectivity index (χ1v) is 8.75. The molecule has 0 aromatic heterocycles. The van der Waals surface area contributed by atoms with Gasteiger partial charge in [0.2, 0.25) is 0 Å². The predicted octanol–water partition coefficient (Wildman–Crippen LogP) is 4.48. The second-order valence-electron chi connectivity index (χ2n) is 5.85. The number of benzene rings is 2. The molecule has 27 heavy (non-hydrogen) atoms. The van der Waals surface area contributed by atoms with E-state index in [2.05, 4.69) is 12.6 Å². The number of ketones is 1. The molecular weight excluding hydrogens is 338 g/mol. The summed E-state index contributed by atoms with van der Waals surface area (Å²) in [6.45, 7) is 3.56. The van der Waals surface area contributed by atoms with Crippen molar-refractivity contribution in [1.29, 1.82) is 5.26 Å². The Hall–Kier alpha value is -3.45. The van der Waals surface area contributed by atoms with Crippen LogP contribution in [0.15, 0.2) is 78.9 Å². The fourth-order valence-corrected chi connectivity index (χ4v) is 2.67. The topological polar surface area (TPSA) is 67.2 Å². The van der Waals surface area contributed by atoms with Gasteiger partial charge in [-0.25, -0.2) is 4.79 Å². The number of unbranched alkanes of at least 4 members (excludes halogenated alkanes) is 1. The van der Waals surface area contributed by atoms with Crippen LogP contribution in [0.2, 0.25) is 0 Å². The lowest BCUT2D eigenvalue weighted by atomic mass is 9.90. The second-order valence-corrected chi connectivity index (χ2v) is 5.85. The summed E-state index contributed by atoms with van der Waals surface area (Å²) in [6.07, 6.45) is 2.41. The summed E-state index contributed by atoms with van der Waals surface area (Å²) in [5.74, 6) is -0.690. The quantitative estimate of drug-likeness (QED) is 0.286. The van der Waals surface area contributed by atoms with Crippen molar-refractivity contribution in [2.45, 2.75) is 19.3 Å². The van der Waals surface area contributed by atoms with Gasteiger partial charge in [-0.1, -0.05) is 67.2 Å². The molecule has 4 nitrogen and oxygen atoms in total. The lowest BCUT2D eigenvalue weighted by Crippen LogP contribution is -2.07. The summed E-state index contributed by atoms with van der Waals surface area (Å²) in [5.41, 5.74) is 2.44. The lowest BCUT2D eigenvalue weighted by molar-refractivity contribution is -0.137. The van der Waals surface area contributed by atoms with Crippen LogP contribution < -0.4 is 0 Å². The van der Waals surface area contributed by atoms with E-state index in [0.29, 0.717) is 18.4 Å². The zero-order valence-corrected chi connectivity index (χ0v) is 15.1. The van der Waals surface area contributed by atoms with Crippen LogP contribution in [-0.2, 0) is 14.3 Å². The van der Waals surface area contributed by atoms with E-state index in [1.165, 1.54) is 0 Å². The molecule has 136 valence electrons. The number of hydrogen-bond donors (Lipinski definition) is 0. The lowest BCUT2D eigenvalue weighted by Gasteiger charge is -2.11. The standard InChI is InChI=1S/C23H21NO3/c1-2-22(26)27-16-10-9-15-21(25)20(17-24)23(18-11-5-3-6-12-18)19-13-7-4-8-14-19/h2-8,11-14H,1,9-10,15-16H2. The number of esters is 1. The molecule has 0 N–H and O–H groups in total. The monoisotopic (exact) mass is 359 g/mol. The highest BCUT2D eigenvalue weighted by molar-refractivity contribution is 6.09. The van der Waals surface area contributed by atoms with E-state index in [9.17, 15) is 14.9 Å². The normalized spacial score (nSPS) is 9.74. The molecule has 0 fully saturated rings. The van der Waals surface area contributed by atoms with Crippen LogP contribution in [0.5, 0.6) is 0 Å². The van der Waals surface area contributed by atoms with Gasteiger partial charge in [-0.05, 0) is 24.0 Å². The number of rotatable bonds is 9. The van der Waals surface area contributed by atoms with E-state index in [1.807, 2.05) is 60.7 Å². The summed E-state index contributed by atoms with van der Waals surface area (Å²) in [4.78, 5) is 23.7. The molecule has 0 spiro atoms. The molecule has 0 saturated heterocycles. The van der Waals surface area contributed by atoms with Crippen LogP contribution in [-0.4, -0.2) is 18.4 Å². The number of carbonyl (C=O) groups is 2. The van der Waals surface area contributed by atoms with Crippen molar-refractivity contribution in [2.75, 3.05) is 6.61 Å². The zero-order valence-electron chi connectivity index (χ0n) is 15.1. The van der Waals surface area contributed by atoms with E-state index in [0.717, 1.165) is 17.2 Å². The van der Waals surface area contributed by atoms with Crippen molar-refractivity contribution in [1.82, 2.24) is 0 Å². The predicted molar refractivity (Wildman–Crippen MR) is 105 cm³/mol. The summed E-state index contributed by atoms with van der Waals surface area (Å²) >= 11 is 0. The Kier molecular flexibility index (Phi) is 7.74.